The van der Waals surface area contributed by atoms with Gasteiger partial charge in [0.05, 0.1) is 26.0 Å². The third-order valence-corrected chi connectivity index (χ3v) is 2.97. The maximum atomic E-state index is 5.50. The van der Waals surface area contributed by atoms with Crippen LogP contribution in [0.4, 0.5) is 0 Å². The minimum Gasteiger partial charge on any atom is -0.492 e. The molecule has 0 fully saturated rings. The summed E-state index contributed by atoms with van der Waals surface area (Å²) < 4.78 is 10.8. The monoisotopic (exact) mass is 273 g/mol. The second-order valence-corrected chi connectivity index (χ2v) is 4.21. The Hall–Kier alpha value is -2.14. The Morgan fingerprint density at radius 3 is 2.90 bits per heavy atom. The fourth-order valence-corrected chi connectivity index (χ4v) is 2.13. The van der Waals surface area contributed by atoms with Gasteiger partial charge in [-0.3, -0.25) is 4.98 Å². The van der Waals surface area contributed by atoms with Crippen molar-refractivity contribution in [1.82, 2.24) is 15.3 Å². The van der Waals surface area contributed by atoms with Gasteiger partial charge in [-0.05, 0) is 31.7 Å². The lowest BCUT2D eigenvalue weighted by Crippen LogP contribution is -2.19. The molecule has 1 atom stereocenters. The summed E-state index contributed by atoms with van der Waals surface area (Å²) >= 11 is 0. The van der Waals surface area contributed by atoms with Gasteiger partial charge >= 0.3 is 0 Å². The van der Waals surface area contributed by atoms with Crippen LogP contribution in [0.2, 0.25) is 0 Å². The number of methoxy groups -OCH3 is 1. The minimum absolute atomic E-state index is 0.0495. The number of hydrogen-bond acceptors (Lipinski definition) is 5. The molecular formula is C15H19N3O2. The van der Waals surface area contributed by atoms with Gasteiger partial charge < -0.3 is 14.8 Å². The van der Waals surface area contributed by atoms with Gasteiger partial charge in [0.2, 0.25) is 5.88 Å². The summed E-state index contributed by atoms with van der Waals surface area (Å²) in [5.74, 6) is 1.36. The van der Waals surface area contributed by atoms with Crippen LogP contribution in [0.15, 0.2) is 36.8 Å². The standard InChI is InChI=1S/C15H19N3O2/c1-4-20-12-8-11(9-17-10-12)14(16-2)13-6-5-7-18-15(13)19-3/h5-10,14,16H,4H2,1-3H3. The Bertz CT molecular complexity index is 560. The SMILES string of the molecule is CCOc1cncc(C(NC)c2cccnc2OC)c1. The Labute approximate surface area is 119 Å². The number of nitrogens with zero attached hydrogens (tertiary/aromatic N) is 2. The normalized spacial score (nSPS) is 11.9. The molecule has 0 spiro atoms. The van der Waals surface area contributed by atoms with Crippen molar-refractivity contribution in [1.29, 1.82) is 0 Å². The molecule has 5 heteroatoms. The maximum absolute atomic E-state index is 5.50. The van der Waals surface area contributed by atoms with Gasteiger partial charge in [0.1, 0.15) is 5.75 Å². The van der Waals surface area contributed by atoms with Gasteiger partial charge in [0.15, 0.2) is 0 Å². The molecule has 0 saturated carbocycles. The molecular weight excluding hydrogens is 254 g/mol. The van der Waals surface area contributed by atoms with Crippen LogP contribution >= 0.6 is 0 Å². The molecule has 0 radical (unpaired) electrons. The van der Waals surface area contributed by atoms with E-state index in [4.69, 9.17) is 9.47 Å². The Morgan fingerprint density at radius 2 is 2.20 bits per heavy atom. The third kappa shape index (κ3) is 3.05. The molecule has 2 heterocycles. The highest BCUT2D eigenvalue weighted by molar-refractivity contribution is 5.38. The van der Waals surface area contributed by atoms with Crippen molar-refractivity contribution in [3.63, 3.8) is 0 Å². The number of aromatic nitrogens is 2. The van der Waals surface area contributed by atoms with E-state index in [0.29, 0.717) is 12.5 Å². The molecule has 5 nitrogen and oxygen atoms in total. The Kier molecular flexibility index (Phi) is 4.90. The first kappa shape index (κ1) is 14.3. The number of pyridine rings is 2. The van der Waals surface area contributed by atoms with Crippen LogP contribution in [0.3, 0.4) is 0 Å². The summed E-state index contributed by atoms with van der Waals surface area (Å²) in [5, 5.41) is 3.26. The Balaban J connectivity index is 2.39. The van der Waals surface area contributed by atoms with Crippen LogP contribution in [0, 0.1) is 0 Å². The molecule has 0 saturated heterocycles. The molecule has 0 aromatic carbocycles. The fourth-order valence-electron chi connectivity index (χ4n) is 2.13. The lowest BCUT2D eigenvalue weighted by Gasteiger charge is -2.19. The van der Waals surface area contributed by atoms with Gasteiger partial charge in [0.25, 0.3) is 0 Å². The molecule has 0 amide bonds. The van der Waals surface area contributed by atoms with E-state index in [-0.39, 0.29) is 6.04 Å². The first-order chi connectivity index (χ1) is 9.80. The highest BCUT2D eigenvalue weighted by Gasteiger charge is 2.18. The summed E-state index contributed by atoms with van der Waals surface area (Å²) in [6, 6.07) is 5.80. The van der Waals surface area contributed by atoms with Crippen molar-refractivity contribution in [3.05, 3.63) is 47.9 Å². The second-order valence-electron chi connectivity index (χ2n) is 4.21. The van der Waals surface area contributed by atoms with E-state index in [1.54, 1.807) is 19.5 Å². The first-order valence-corrected chi connectivity index (χ1v) is 6.54. The molecule has 2 aromatic rings. The maximum Gasteiger partial charge on any atom is 0.218 e. The predicted molar refractivity (Wildman–Crippen MR) is 77.1 cm³/mol. The van der Waals surface area contributed by atoms with E-state index in [0.717, 1.165) is 16.9 Å². The summed E-state index contributed by atoms with van der Waals surface area (Å²) in [7, 11) is 3.51. The topological polar surface area (TPSA) is 56.3 Å². The summed E-state index contributed by atoms with van der Waals surface area (Å²) in [6.45, 7) is 2.57. The van der Waals surface area contributed by atoms with Crippen molar-refractivity contribution in [2.75, 3.05) is 20.8 Å². The van der Waals surface area contributed by atoms with Gasteiger partial charge in [0, 0.05) is 18.0 Å². The van der Waals surface area contributed by atoms with Crippen molar-refractivity contribution in [2.45, 2.75) is 13.0 Å². The van der Waals surface area contributed by atoms with E-state index in [1.807, 2.05) is 38.4 Å². The van der Waals surface area contributed by atoms with E-state index in [2.05, 4.69) is 15.3 Å². The molecule has 106 valence electrons. The quantitative estimate of drug-likeness (QED) is 0.874. The van der Waals surface area contributed by atoms with Crippen molar-refractivity contribution in [3.8, 4) is 11.6 Å². The van der Waals surface area contributed by atoms with E-state index in [9.17, 15) is 0 Å². The largest absolute Gasteiger partial charge is 0.492 e. The molecule has 1 N–H and O–H groups in total. The second kappa shape index (κ2) is 6.86. The van der Waals surface area contributed by atoms with E-state index < -0.39 is 0 Å². The Morgan fingerprint density at radius 1 is 1.35 bits per heavy atom. The summed E-state index contributed by atoms with van der Waals surface area (Å²) in [6.07, 6.45) is 5.24. The van der Waals surface area contributed by atoms with Crippen LogP contribution < -0.4 is 14.8 Å². The van der Waals surface area contributed by atoms with Crippen molar-refractivity contribution in [2.24, 2.45) is 0 Å². The van der Waals surface area contributed by atoms with Crippen LogP contribution in [-0.4, -0.2) is 30.7 Å². The van der Waals surface area contributed by atoms with Crippen molar-refractivity contribution < 1.29 is 9.47 Å². The third-order valence-electron chi connectivity index (χ3n) is 2.97. The predicted octanol–water partition coefficient (Wildman–Crippen LogP) is 2.19. The molecule has 20 heavy (non-hydrogen) atoms. The molecule has 2 aromatic heterocycles. The lowest BCUT2D eigenvalue weighted by atomic mass is 10.0. The number of nitrogens with one attached hydrogen (secondary N) is 1. The average Bonchev–Trinajstić information content (AvgIpc) is 2.49. The molecule has 1 unspecified atom stereocenters. The van der Waals surface area contributed by atoms with Crippen LogP contribution in [0.1, 0.15) is 24.1 Å². The first-order valence-electron chi connectivity index (χ1n) is 6.54. The minimum atomic E-state index is -0.0495. The zero-order valence-corrected chi connectivity index (χ0v) is 12.0. The summed E-state index contributed by atoms with van der Waals surface area (Å²) in [5.41, 5.74) is 1.97. The molecule has 0 aliphatic carbocycles. The molecule has 2 rings (SSSR count). The van der Waals surface area contributed by atoms with Gasteiger partial charge in [-0.2, -0.15) is 0 Å². The zero-order valence-electron chi connectivity index (χ0n) is 12.0. The highest BCUT2D eigenvalue weighted by atomic mass is 16.5. The number of rotatable bonds is 6. The van der Waals surface area contributed by atoms with E-state index >= 15 is 0 Å². The molecule has 0 aliphatic heterocycles. The van der Waals surface area contributed by atoms with Crippen LogP contribution in [-0.2, 0) is 0 Å². The van der Waals surface area contributed by atoms with Crippen LogP contribution in [0.25, 0.3) is 0 Å². The molecule has 0 bridgehead atoms. The highest BCUT2D eigenvalue weighted by Crippen LogP contribution is 2.29. The van der Waals surface area contributed by atoms with Crippen LogP contribution in [0.5, 0.6) is 11.6 Å². The number of hydrogen-bond donors (Lipinski definition) is 1. The number of ether oxygens (including phenoxy) is 2. The zero-order chi connectivity index (χ0) is 14.4. The fraction of sp³-hybridized carbons (Fsp3) is 0.333. The lowest BCUT2D eigenvalue weighted by molar-refractivity contribution is 0.338. The van der Waals surface area contributed by atoms with Gasteiger partial charge in [-0.15, -0.1) is 0 Å². The summed E-state index contributed by atoms with van der Waals surface area (Å²) in [4.78, 5) is 8.46. The average molecular weight is 273 g/mol. The van der Waals surface area contributed by atoms with Gasteiger partial charge in [-0.1, -0.05) is 6.07 Å². The molecule has 0 aliphatic rings. The van der Waals surface area contributed by atoms with Gasteiger partial charge in [-0.25, -0.2) is 4.98 Å². The van der Waals surface area contributed by atoms with E-state index in [1.165, 1.54) is 0 Å². The smallest absolute Gasteiger partial charge is 0.218 e. The van der Waals surface area contributed by atoms with Crippen molar-refractivity contribution >= 4 is 0 Å².